The Balaban J connectivity index is 1.15. The van der Waals surface area contributed by atoms with E-state index in [4.69, 9.17) is 14.7 Å². The van der Waals surface area contributed by atoms with Gasteiger partial charge in [-0.05, 0) is 63.3 Å². The first-order chi connectivity index (χ1) is 15.6. The number of ether oxygens (including phenoxy) is 1. The number of amides is 1. The van der Waals surface area contributed by atoms with E-state index in [0.717, 1.165) is 67.1 Å². The number of nitrogens with zero attached hydrogens (tertiary/aromatic N) is 3. The lowest BCUT2D eigenvalue weighted by molar-refractivity contribution is -0.126. The lowest BCUT2D eigenvalue weighted by atomic mass is 9.95. The fourth-order valence-corrected chi connectivity index (χ4v) is 4.75. The third kappa shape index (κ3) is 4.27. The van der Waals surface area contributed by atoms with Crippen molar-refractivity contribution in [3.05, 3.63) is 59.3 Å². The van der Waals surface area contributed by atoms with Gasteiger partial charge in [0.05, 0.1) is 17.8 Å². The number of rotatable bonds is 4. The third-order valence-corrected chi connectivity index (χ3v) is 6.68. The fourth-order valence-electron chi connectivity index (χ4n) is 4.75. The zero-order valence-electron chi connectivity index (χ0n) is 18.8. The van der Waals surface area contributed by atoms with E-state index in [1.54, 1.807) is 0 Å². The predicted molar refractivity (Wildman–Crippen MR) is 126 cm³/mol. The molecule has 1 atom stereocenters. The molecule has 2 aliphatic rings. The van der Waals surface area contributed by atoms with Crippen LogP contribution in [0.3, 0.4) is 0 Å². The first kappa shape index (κ1) is 20.7. The van der Waals surface area contributed by atoms with Crippen LogP contribution in [-0.4, -0.2) is 41.6 Å². The number of piperidine rings is 1. The minimum Gasteiger partial charge on any atom is -0.488 e. The monoisotopic (exact) mass is 430 g/mol. The van der Waals surface area contributed by atoms with E-state index in [1.165, 1.54) is 11.1 Å². The number of hydrogen-bond donors (Lipinski definition) is 1. The van der Waals surface area contributed by atoms with Crippen molar-refractivity contribution in [2.75, 3.05) is 24.5 Å². The van der Waals surface area contributed by atoms with E-state index < -0.39 is 0 Å². The second-order valence-electron chi connectivity index (χ2n) is 9.02. The molecule has 0 aliphatic carbocycles. The van der Waals surface area contributed by atoms with Crippen LogP contribution in [0.5, 0.6) is 5.75 Å². The van der Waals surface area contributed by atoms with Crippen molar-refractivity contribution in [3.8, 4) is 5.75 Å². The van der Waals surface area contributed by atoms with Crippen molar-refractivity contribution < 1.29 is 9.53 Å². The molecule has 0 bridgehead atoms. The first-order valence-corrected chi connectivity index (χ1v) is 11.6. The SMILES string of the molecule is Cc1ccc2nc(N3CCC(C(=O)NC[C@H]4CCc5ccccc5O4)CC3)nc(C)c2c1. The Hall–Kier alpha value is -3.15. The van der Waals surface area contributed by atoms with Crippen molar-refractivity contribution in [3.63, 3.8) is 0 Å². The molecule has 5 rings (SSSR count). The summed E-state index contributed by atoms with van der Waals surface area (Å²) in [5, 5.41) is 4.24. The number of fused-ring (bicyclic) bond motifs is 2. The Morgan fingerprint density at radius 2 is 1.91 bits per heavy atom. The van der Waals surface area contributed by atoms with Crippen LogP contribution < -0.4 is 15.0 Å². The molecule has 0 saturated carbocycles. The molecule has 1 saturated heterocycles. The Labute approximate surface area is 189 Å². The van der Waals surface area contributed by atoms with Gasteiger partial charge in [0, 0.05) is 24.4 Å². The van der Waals surface area contributed by atoms with Crippen LogP contribution in [0.2, 0.25) is 0 Å². The zero-order chi connectivity index (χ0) is 22.1. The largest absolute Gasteiger partial charge is 0.488 e. The standard InChI is InChI=1S/C26H30N4O2/c1-17-7-10-23-22(15-17)18(2)28-26(29-23)30-13-11-20(12-14-30)25(31)27-16-21-9-8-19-5-3-4-6-24(19)32-21/h3-7,10,15,20-21H,8-9,11-14,16H2,1-2H3,(H,27,31)/t21-/m1/s1. The van der Waals surface area contributed by atoms with Gasteiger partial charge >= 0.3 is 0 Å². The number of benzene rings is 2. The lowest BCUT2D eigenvalue weighted by Crippen LogP contribution is -2.44. The number of para-hydroxylation sites is 1. The maximum atomic E-state index is 12.8. The minimum atomic E-state index is 0.0336. The van der Waals surface area contributed by atoms with E-state index in [9.17, 15) is 4.79 Å². The zero-order valence-corrected chi connectivity index (χ0v) is 18.8. The molecular formula is C26H30N4O2. The Bertz CT molecular complexity index is 1140. The summed E-state index contributed by atoms with van der Waals surface area (Å²) in [6.45, 7) is 6.28. The Kier molecular flexibility index (Phi) is 5.68. The second kappa shape index (κ2) is 8.77. The summed E-state index contributed by atoms with van der Waals surface area (Å²) < 4.78 is 6.06. The first-order valence-electron chi connectivity index (χ1n) is 11.6. The minimum absolute atomic E-state index is 0.0336. The van der Waals surface area contributed by atoms with Crippen LogP contribution in [0.4, 0.5) is 5.95 Å². The number of carbonyl (C=O) groups is 1. The number of carbonyl (C=O) groups excluding carboxylic acids is 1. The molecule has 166 valence electrons. The highest BCUT2D eigenvalue weighted by Crippen LogP contribution is 2.27. The van der Waals surface area contributed by atoms with Gasteiger partial charge < -0.3 is 15.0 Å². The van der Waals surface area contributed by atoms with Crippen molar-refractivity contribution in [1.82, 2.24) is 15.3 Å². The quantitative estimate of drug-likeness (QED) is 0.678. The van der Waals surface area contributed by atoms with Crippen LogP contribution >= 0.6 is 0 Å². The van der Waals surface area contributed by atoms with Crippen LogP contribution in [0, 0.1) is 19.8 Å². The normalized spacial score (nSPS) is 18.8. The van der Waals surface area contributed by atoms with Crippen molar-refractivity contribution in [2.24, 2.45) is 5.92 Å². The smallest absolute Gasteiger partial charge is 0.226 e. The number of anilines is 1. The summed E-state index contributed by atoms with van der Waals surface area (Å²) in [5.41, 5.74) is 4.45. The number of aromatic nitrogens is 2. The van der Waals surface area contributed by atoms with Crippen LogP contribution in [-0.2, 0) is 11.2 Å². The van der Waals surface area contributed by atoms with Crippen LogP contribution in [0.15, 0.2) is 42.5 Å². The maximum Gasteiger partial charge on any atom is 0.226 e. The maximum absolute atomic E-state index is 12.8. The van der Waals surface area contributed by atoms with Gasteiger partial charge in [-0.1, -0.05) is 29.8 Å². The summed E-state index contributed by atoms with van der Waals surface area (Å²) in [5.74, 6) is 1.89. The van der Waals surface area contributed by atoms with Gasteiger partial charge in [0.15, 0.2) is 0 Å². The summed E-state index contributed by atoms with van der Waals surface area (Å²) in [7, 11) is 0. The van der Waals surface area contributed by atoms with E-state index in [0.29, 0.717) is 6.54 Å². The van der Waals surface area contributed by atoms with Gasteiger partial charge in [0.2, 0.25) is 11.9 Å². The highest BCUT2D eigenvalue weighted by atomic mass is 16.5. The summed E-state index contributed by atoms with van der Waals surface area (Å²) in [4.78, 5) is 24.5. The molecule has 1 fully saturated rings. The molecule has 2 aromatic carbocycles. The molecule has 2 aliphatic heterocycles. The van der Waals surface area contributed by atoms with Gasteiger partial charge in [0.25, 0.3) is 0 Å². The van der Waals surface area contributed by atoms with E-state index in [-0.39, 0.29) is 17.9 Å². The molecule has 1 amide bonds. The van der Waals surface area contributed by atoms with Crippen molar-refractivity contribution in [2.45, 2.75) is 45.6 Å². The summed E-state index contributed by atoms with van der Waals surface area (Å²) in [6, 6.07) is 14.5. The van der Waals surface area contributed by atoms with Gasteiger partial charge in [-0.25, -0.2) is 9.97 Å². The van der Waals surface area contributed by atoms with Gasteiger partial charge in [-0.3, -0.25) is 4.79 Å². The molecule has 32 heavy (non-hydrogen) atoms. The average molecular weight is 431 g/mol. The van der Waals surface area contributed by atoms with Gasteiger partial charge in [-0.2, -0.15) is 0 Å². The average Bonchev–Trinajstić information content (AvgIpc) is 2.83. The van der Waals surface area contributed by atoms with E-state index in [2.05, 4.69) is 41.4 Å². The Morgan fingerprint density at radius 1 is 1.09 bits per heavy atom. The number of hydrogen-bond acceptors (Lipinski definition) is 5. The Morgan fingerprint density at radius 3 is 2.75 bits per heavy atom. The lowest BCUT2D eigenvalue weighted by Gasteiger charge is -2.32. The van der Waals surface area contributed by atoms with Crippen molar-refractivity contribution >= 4 is 22.8 Å². The molecule has 0 spiro atoms. The number of nitrogens with one attached hydrogen (secondary N) is 1. The third-order valence-electron chi connectivity index (χ3n) is 6.68. The predicted octanol–water partition coefficient (Wildman–Crippen LogP) is 3.97. The molecule has 3 heterocycles. The molecule has 6 nitrogen and oxygen atoms in total. The molecule has 0 unspecified atom stereocenters. The van der Waals surface area contributed by atoms with Crippen LogP contribution in [0.25, 0.3) is 10.9 Å². The van der Waals surface area contributed by atoms with E-state index in [1.807, 2.05) is 25.1 Å². The molecular weight excluding hydrogens is 400 g/mol. The number of aryl methyl sites for hydroxylation is 3. The van der Waals surface area contributed by atoms with Gasteiger partial charge in [-0.15, -0.1) is 0 Å². The van der Waals surface area contributed by atoms with Crippen LogP contribution in [0.1, 0.15) is 36.1 Å². The summed E-state index contributed by atoms with van der Waals surface area (Å²) >= 11 is 0. The molecule has 0 radical (unpaired) electrons. The fraction of sp³-hybridized carbons (Fsp3) is 0.423. The molecule has 6 heteroatoms. The highest BCUT2D eigenvalue weighted by molar-refractivity contribution is 5.82. The molecule has 1 aromatic heterocycles. The van der Waals surface area contributed by atoms with Gasteiger partial charge in [0.1, 0.15) is 11.9 Å². The topological polar surface area (TPSA) is 67.4 Å². The second-order valence-corrected chi connectivity index (χ2v) is 9.02. The summed E-state index contributed by atoms with van der Waals surface area (Å²) in [6.07, 6.45) is 3.61. The molecule has 1 N–H and O–H groups in total. The van der Waals surface area contributed by atoms with E-state index >= 15 is 0 Å². The highest BCUT2D eigenvalue weighted by Gasteiger charge is 2.27. The van der Waals surface area contributed by atoms with Crippen molar-refractivity contribution in [1.29, 1.82) is 0 Å². The molecule has 3 aromatic rings.